The largest absolute Gasteiger partial charge is 0.580 e. The zero-order valence-electron chi connectivity index (χ0n) is 7.24. The van der Waals surface area contributed by atoms with Crippen LogP contribution in [0.5, 0.6) is 0 Å². The molecule has 4 heteroatoms. The smallest absolute Gasteiger partial charge is 0.481 e. The van der Waals surface area contributed by atoms with Crippen LogP contribution in [0.3, 0.4) is 0 Å². The highest BCUT2D eigenvalue weighted by Crippen LogP contribution is 2.15. The van der Waals surface area contributed by atoms with Crippen molar-refractivity contribution in [2.45, 2.75) is 20.3 Å². The van der Waals surface area contributed by atoms with E-state index in [1.54, 1.807) is 13.8 Å². The van der Waals surface area contributed by atoms with Crippen molar-refractivity contribution in [3.63, 3.8) is 0 Å². The average Bonchev–Trinajstić information content (AvgIpc) is 1.98. The van der Waals surface area contributed by atoms with Crippen molar-refractivity contribution in [2.75, 3.05) is 0 Å². The average molecular weight is 173 g/mol. The molecule has 1 N–H and O–H groups in total. The van der Waals surface area contributed by atoms with Gasteiger partial charge in [0, 0.05) is 4.79 Å². The summed E-state index contributed by atoms with van der Waals surface area (Å²) in [6.07, 6.45) is -0.115. The lowest BCUT2D eigenvalue weighted by molar-refractivity contribution is -0.369. The van der Waals surface area contributed by atoms with Crippen LogP contribution in [-0.2, 0) is 14.0 Å². The van der Waals surface area contributed by atoms with E-state index < -0.39 is 17.9 Å². The first-order valence-electron chi connectivity index (χ1n) is 3.66. The number of hydrogen-bond donors (Lipinski definition) is 1. The van der Waals surface area contributed by atoms with E-state index in [0.717, 1.165) is 0 Å². The summed E-state index contributed by atoms with van der Waals surface area (Å²) in [4.78, 5) is 21.2. The van der Waals surface area contributed by atoms with E-state index in [2.05, 4.69) is 11.2 Å². The summed E-state index contributed by atoms with van der Waals surface area (Å²) in [7, 11) is 0. The number of rotatable bonds is 4. The summed E-state index contributed by atoms with van der Waals surface area (Å²) in [5.74, 6) is -2.33. The molecular formula is C8H13O4+. The Balaban J connectivity index is 4.23. The van der Waals surface area contributed by atoms with Crippen molar-refractivity contribution >= 4 is 18.7 Å². The maximum absolute atomic E-state index is 10.7. The molecule has 0 aromatic carbocycles. The summed E-state index contributed by atoms with van der Waals surface area (Å²) < 4.78 is 4.13. The van der Waals surface area contributed by atoms with Gasteiger partial charge in [0.05, 0.1) is 5.92 Å². The molecule has 12 heavy (non-hydrogen) atoms. The van der Waals surface area contributed by atoms with Gasteiger partial charge in [-0.15, -0.1) is 0 Å². The summed E-state index contributed by atoms with van der Waals surface area (Å²) >= 11 is 0. The van der Waals surface area contributed by atoms with Crippen molar-refractivity contribution in [1.82, 2.24) is 0 Å². The minimum atomic E-state index is -0.976. The molecule has 68 valence electrons. The van der Waals surface area contributed by atoms with Crippen LogP contribution >= 0.6 is 0 Å². The number of aliphatic carboxylic acids is 1. The topological polar surface area (TPSA) is 65.7 Å². The van der Waals surface area contributed by atoms with Crippen molar-refractivity contribution in [3.05, 3.63) is 0 Å². The molecule has 0 saturated carbocycles. The molecule has 0 radical (unpaired) electrons. The molecule has 0 aliphatic carbocycles. The van der Waals surface area contributed by atoms with Gasteiger partial charge >= 0.3 is 11.9 Å². The third-order valence-corrected chi connectivity index (χ3v) is 1.67. The number of carbonyl (C=O) groups is 2. The molecule has 0 aromatic heterocycles. The quantitative estimate of drug-likeness (QED) is 0.634. The Morgan fingerprint density at radius 3 is 2.25 bits per heavy atom. The Hall–Kier alpha value is -1.19. The molecule has 0 heterocycles. The van der Waals surface area contributed by atoms with Crippen LogP contribution in [0.4, 0.5) is 0 Å². The lowest BCUT2D eigenvalue weighted by Gasteiger charge is -2.10. The first-order valence-corrected chi connectivity index (χ1v) is 3.66. The number of hydrogen-bond acceptors (Lipinski definition) is 2. The lowest BCUT2D eigenvalue weighted by atomic mass is 9.93. The molecule has 0 fully saturated rings. The van der Waals surface area contributed by atoms with Gasteiger partial charge in [0.1, 0.15) is 6.42 Å². The fourth-order valence-electron chi connectivity index (χ4n) is 0.847. The molecular weight excluding hydrogens is 160 g/mol. The van der Waals surface area contributed by atoms with Gasteiger partial charge in [0.2, 0.25) is 0 Å². The third-order valence-electron chi connectivity index (χ3n) is 1.67. The van der Waals surface area contributed by atoms with Crippen LogP contribution in [-0.4, -0.2) is 23.8 Å². The Bertz CT molecular complexity index is 195. The van der Waals surface area contributed by atoms with E-state index in [4.69, 9.17) is 5.11 Å². The van der Waals surface area contributed by atoms with Crippen LogP contribution in [0.1, 0.15) is 20.3 Å². The van der Waals surface area contributed by atoms with E-state index >= 15 is 0 Å². The zero-order valence-corrected chi connectivity index (χ0v) is 7.24. The van der Waals surface area contributed by atoms with Gasteiger partial charge in [-0.1, -0.05) is 13.8 Å². The first kappa shape index (κ1) is 10.8. The van der Waals surface area contributed by atoms with Gasteiger partial charge in [-0.3, -0.25) is 9.22 Å². The number of carbonyl (C=O) groups excluding carboxylic acids is 2. The second kappa shape index (κ2) is 4.64. The van der Waals surface area contributed by atoms with Gasteiger partial charge in [0.25, 0.3) is 0 Å². The second-order valence-corrected chi connectivity index (χ2v) is 2.91. The summed E-state index contributed by atoms with van der Waals surface area (Å²) in [5, 5.41) is 8.66. The fourth-order valence-corrected chi connectivity index (χ4v) is 0.847. The maximum Gasteiger partial charge on any atom is 0.580 e. The highest BCUT2D eigenvalue weighted by atomic mass is 16.4. The molecule has 0 aromatic rings. The van der Waals surface area contributed by atoms with Crippen LogP contribution in [0, 0.1) is 11.8 Å². The Labute approximate surface area is 70.9 Å². The van der Waals surface area contributed by atoms with Crippen LogP contribution in [0.15, 0.2) is 0 Å². The predicted octanol–water partition coefficient (Wildman–Crippen LogP) is 0.624. The van der Waals surface area contributed by atoms with Gasteiger partial charge in [-0.25, -0.2) is 0 Å². The SMILES string of the molecule is C=[O+]C(=O)C[C@H](C(=O)O)C(C)C. The van der Waals surface area contributed by atoms with Crippen LogP contribution in [0.2, 0.25) is 0 Å². The summed E-state index contributed by atoms with van der Waals surface area (Å²) in [5.41, 5.74) is 0. The molecule has 0 unspecified atom stereocenters. The molecule has 1 atom stereocenters. The van der Waals surface area contributed by atoms with Gasteiger partial charge in [-0.05, 0) is 5.92 Å². The van der Waals surface area contributed by atoms with E-state index in [1.165, 1.54) is 0 Å². The monoisotopic (exact) mass is 173 g/mol. The molecule has 0 aliphatic heterocycles. The van der Waals surface area contributed by atoms with E-state index in [0.29, 0.717) is 0 Å². The normalized spacial score (nSPS) is 12.6. The Morgan fingerprint density at radius 1 is 1.50 bits per heavy atom. The highest BCUT2D eigenvalue weighted by Gasteiger charge is 2.29. The van der Waals surface area contributed by atoms with Gasteiger partial charge < -0.3 is 5.11 Å². The lowest BCUT2D eigenvalue weighted by Crippen LogP contribution is -2.23. The predicted molar refractivity (Wildman–Crippen MR) is 42.7 cm³/mol. The molecule has 0 bridgehead atoms. The Morgan fingerprint density at radius 2 is 2.00 bits per heavy atom. The van der Waals surface area contributed by atoms with Crippen molar-refractivity contribution in [2.24, 2.45) is 11.8 Å². The van der Waals surface area contributed by atoms with Crippen molar-refractivity contribution < 1.29 is 19.1 Å². The molecule has 0 spiro atoms. The third kappa shape index (κ3) is 3.27. The zero-order chi connectivity index (χ0) is 9.72. The summed E-state index contributed by atoms with van der Waals surface area (Å²) in [6.45, 7) is 6.41. The fraction of sp³-hybridized carbons (Fsp3) is 0.625. The number of carboxylic acid groups (broad SMARTS) is 1. The van der Waals surface area contributed by atoms with Crippen molar-refractivity contribution in [1.29, 1.82) is 0 Å². The van der Waals surface area contributed by atoms with E-state index in [1.807, 2.05) is 0 Å². The van der Waals surface area contributed by atoms with Gasteiger partial charge in [0.15, 0.2) is 6.79 Å². The molecule has 0 amide bonds. The molecule has 0 aliphatic rings. The molecule has 0 saturated heterocycles. The second-order valence-electron chi connectivity index (χ2n) is 2.91. The van der Waals surface area contributed by atoms with Gasteiger partial charge in [-0.2, -0.15) is 0 Å². The highest BCUT2D eigenvalue weighted by molar-refractivity contribution is 5.77. The van der Waals surface area contributed by atoms with Crippen LogP contribution < -0.4 is 0 Å². The standard InChI is InChI=1S/C8H12O4/c1-5(2)6(8(10)11)4-7(9)12-3/h5-6H,3-4H2,1-2H3/p+1/t6-/m0/s1. The van der Waals surface area contributed by atoms with Crippen molar-refractivity contribution in [3.8, 4) is 0 Å². The minimum Gasteiger partial charge on any atom is -0.481 e. The molecule has 0 rings (SSSR count). The van der Waals surface area contributed by atoms with Crippen LogP contribution in [0.25, 0.3) is 0 Å². The van der Waals surface area contributed by atoms with E-state index in [9.17, 15) is 9.59 Å². The Kier molecular flexibility index (Phi) is 4.18. The molecule has 4 nitrogen and oxygen atoms in total. The maximum atomic E-state index is 10.7. The van der Waals surface area contributed by atoms with E-state index in [-0.39, 0.29) is 12.3 Å². The number of carboxylic acids is 1. The first-order chi connectivity index (χ1) is 5.49. The minimum absolute atomic E-state index is 0.0819. The summed E-state index contributed by atoms with van der Waals surface area (Å²) in [6, 6.07) is 0.